The van der Waals surface area contributed by atoms with Crippen LogP contribution in [0.3, 0.4) is 0 Å². The number of anilines is 1. The van der Waals surface area contributed by atoms with Crippen LogP contribution in [0.1, 0.15) is 10.4 Å². The number of nitrogen functional groups attached to an aromatic ring is 1. The van der Waals surface area contributed by atoms with Crippen LogP contribution < -0.4 is 11.2 Å². The summed E-state index contributed by atoms with van der Waals surface area (Å²) in [5.41, 5.74) is 5.17. The van der Waals surface area contributed by atoms with Crippen molar-refractivity contribution in [2.75, 3.05) is 5.73 Å². The maximum atomic E-state index is 11.8. The average Bonchev–Trinajstić information content (AvgIpc) is 2.23. The number of H-pyrrole nitrogens is 1. The number of hydrogen-bond donors (Lipinski definition) is 3. The Hall–Kier alpha value is -2.01. The first-order valence-electron chi connectivity index (χ1n) is 4.35. The molecule has 0 spiro atoms. The van der Waals surface area contributed by atoms with E-state index in [1.54, 1.807) is 0 Å². The number of pyridine rings is 1. The van der Waals surface area contributed by atoms with E-state index in [-0.39, 0.29) is 16.6 Å². The smallest absolute Gasteiger partial charge is 0.341 e. The lowest BCUT2D eigenvalue weighted by Crippen LogP contribution is -2.16. The van der Waals surface area contributed by atoms with Gasteiger partial charge in [-0.15, -0.1) is 0 Å². The zero-order valence-corrected chi connectivity index (χ0v) is 8.71. The molecule has 2 aromatic rings. The van der Waals surface area contributed by atoms with E-state index in [4.69, 9.17) is 22.4 Å². The molecule has 1 heterocycles. The van der Waals surface area contributed by atoms with E-state index in [2.05, 4.69) is 4.98 Å². The highest BCUT2D eigenvalue weighted by Gasteiger charge is 2.14. The first-order chi connectivity index (χ1) is 7.52. The number of aromatic nitrogens is 1. The van der Waals surface area contributed by atoms with Gasteiger partial charge in [0.1, 0.15) is 5.56 Å². The molecule has 0 aliphatic heterocycles. The number of carboxylic acid groups (broad SMARTS) is 1. The standard InChI is InChI=1S/C10H7ClN2O3/c11-5-1-2-6(12)7-8(5)13-3-4(9(7)14)10(15)16/h1-3H,12H2,(H,13,14)(H,15,16). The van der Waals surface area contributed by atoms with Crippen molar-refractivity contribution in [3.8, 4) is 0 Å². The number of halogens is 1. The second-order valence-electron chi connectivity index (χ2n) is 3.22. The molecule has 0 atom stereocenters. The van der Waals surface area contributed by atoms with Gasteiger partial charge in [-0.2, -0.15) is 0 Å². The lowest BCUT2D eigenvalue weighted by atomic mass is 10.1. The van der Waals surface area contributed by atoms with Crippen molar-refractivity contribution in [3.05, 3.63) is 39.1 Å². The van der Waals surface area contributed by atoms with E-state index in [0.717, 1.165) is 6.20 Å². The largest absolute Gasteiger partial charge is 0.477 e. The SMILES string of the molecule is Nc1ccc(Cl)c2[nH]cc(C(=O)O)c(=O)c12. The third-order valence-corrected chi connectivity index (χ3v) is 2.56. The predicted octanol–water partition coefficient (Wildman–Crippen LogP) is 1.46. The van der Waals surface area contributed by atoms with Gasteiger partial charge in [0.2, 0.25) is 5.43 Å². The molecular weight excluding hydrogens is 232 g/mol. The van der Waals surface area contributed by atoms with Gasteiger partial charge in [0, 0.05) is 11.9 Å². The highest BCUT2D eigenvalue weighted by Crippen LogP contribution is 2.23. The lowest BCUT2D eigenvalue weighted by molar-refractivity contribution is 0.0695. The van der Waals surface area contributed by atoms with E-state index < -0.39 is 11.4 Å². The van der Waals surface area contributed by atoms with Crippen LogP contribution in [0.5, 0.6) is 0 Å². The summed E-state index contributed by atoms with van der Waals surface area (Å²) in [6, 6.07) is 3.00. The zero-order valence-electron chi connectivity index (χ0n) is 7.95. The molecule has 5 nitrogen and oxygen atoms in total. The Morgan fingerprint density at radius 2 is 2.12 bits per heavy atom. The van der Waals surface area contributed by atoms with Crippen LogP contribution in [0.25, 0.3) is 10.9 Å². The number of aromatic carboxylic acids is 1. The number of carboxylic acids is 1. The predicted molar refractivity (Wildman–Crippen MR) is 61.0 cm³/mol. The minimum Gasteiger partial charge on any atom is -0.477 e. The molecular formula is C10H7ClN2O3. The summed E-state index contributed by atoms with van der Waals surface area (Å²) in [5.74, 6) is -1.30. The van der Waals surface area contributed by atoms with E-state index >= 15 is 0 Å². The average molecular weight is 239 g/mol. The molecule has 0 saturated carbocycles. The highest BCUT2D eigenvalue weighted by molar-refractivity contribution is 6.35. The Balaban J connectivity index is 3.00. The van der Waals surface area contributed by atoms with Gasteiger partial charge in [-0.25, -0.2) is 4.79 Å². The number of aromatic amines is 1. The normalized spacial score (nSPS) is 10.6. The van der Waals surface area contributed by atoms with Crippen LogP contribution in [0.15, 0.2) is 23.1 Å². The van der Waals surface area contributed by atoms with Gasteiger partial charge in [0.15, 0.2) is 0 Å². The molecule has 0 aliphatic carbocycles. The summed E-state index contributed by atoms with van der Waals surface area (Å²) in [7, 11) is 0. The summed E-state index contributed by atoms with van der Waals surface area (Å²) >= 11 is 5.86. The maximum Gasteiger partial charge on any atom is 0.341 e. The minimum atomic E-state index is -1.30. The van der Waals surface area contributed by atoms with Gasteiger partial charge in [0.05, 0.1) is 15.9 Å². The quantitative estimate of drug-likeness (QED) is 0.656. The highest BCUT2D eigenvalue weighted by atomic mass is 35.5. The molecule has 0 bridgehead atoms. The van der Waals surface area contributed by atoms with Gasteiger partial charge < -0.3 is 15.8 Å². The molecule has 82 valence electrons. The monoisotopic (exact) mass is 238 g/mol. The fraction of sp³-hybridized carbons (Fsp3) is 0. The Morgan fingerprint density at radius 1 is 1.44 bits per heavy atom. The van der Waals surface area contributed by atoms with E-state index in [1.165, 1.54) is 12.1 Å². The maximum absolute atomic E-state index is 11.8. The van der Waals surface area contributed by atoms with Crippen molar-refractivity contribution < 1.29 is 9.90 Å². The van der Waals surface area contributed by atoms with Crippen molar-refractivity contribution in [1.29, 1.82) is 0 Å². The molecule has 0 fully saturated rings. The van der Waals surface area contributed by atoms with Crippen LogP contribution in [-0.4, -0.2) is 16.1 Å². The summed E-state index contributed by atoms with van der Waals surface area (Å²) < 4.78 is 0. The molecule has 16 heavy (non-hydrogen) atoms. The molecule has 1 aromatic heterocycles. The molecule has 0 radical (unpaired) electrons. The number of rotatable bonds is 1. The fourth-order valence-electron chi connectivity index (χ4n) is 1.48. The van der Waals surface area contributed by atoms with Crippen molar-refractivity contribution in [2.45, 2.75) is 0 Å². The summed E-state index contributed by atoms with van der Waals surface area (Å²) in [6.45, 7) is 0. The number of carbonyl (C=O) groups is 1. The summed E-state index contributed by atoms with van der Waals surface area (Å²) in [6.07, 6.45) is 1.11. The van der Waals surface area contributed by atoms with E-state index in [9.17, 15) is 9.59 Å². The van der Waals surface area contributed by atoms with Crippen LogP contribution >= 0.6 is 11.6 Å². The van der Waals surface area contributed by atoms with Crippen LogP contribution in [0.2, 0.25) is 5.02 Å². The lowest BCUT2D eigenvalue weighted by Gasteiger charge is -2.04. The van der Waals surface area contributed by atoms with Gasteiger partial charge >= 0.3 is 5.97 Å². The van der Waals surface area contributed by atoms with Crippen molar-refractivity contribution >= 4 is 34.2 Å². The van der Waals surface area contributed by atoms with E-state index in [1.807, 2.05) is 0 Å². The second-order valence-corrected chi connectivity index (χ2v) is 3.63. The Labute approximate surface area is 94.5 Å². The molecule has 0 saturated heterocycles. The van der Waals surface area contributed by atoms with Crippen molar-refractivity contribution in [2.24, 2.45) is 0 Å². The van der Waals surface area contributed by atoms with Gasteiger partial charge in [-0.05, 0) is 12.1 Å². The fourth-order valence-corrected chi connectivity index (χ4v) is 1.69. The number of hydrogen-bond acceptors (Lipinski definition) is 3. The molecule has 6 heteroatoms. The van der Waals surface area contributed by atoms with Crippen molar-refractivity contribution in [3.63, 3.8) is 0 Å². The van der Waals surface area contributed by atoms with Crippen molar-refractivity contribution in [1.82, 2.24) is 4.98 Å². The zero-order chi connectivity index (χ0) is 11.9. The molecule has 2 rings (SSSR count). The number of benzene rings is 1. The van der Waals surface area contributed by atoms with Crippen LogP contribution in [0.4, 0.5) is 5.69 Å². The van der Waals surface area contributed by atoms with Gasteiger partial charge in [-0.1, -0.05) is 11.6 Å². The number of nitrogens with one attached hydrogen (secondary N) is 1. The minimum absolute atomic E-state index is 0.104. The molecule has 0 amide bonds. The molecule has 1 aromatic carbocycles. The Kier molecular flexibility index (Phi) is 2.32. The molecule has 0 aliphatic rings. The van der Waals surface area contributed by atoms with Crippen LogP contribution in [-0.2, 0) is 0 Å². The van der Waals surface area contributed by atoms with Crippen LogP contribution in [0, 0.1) is 0 Å². The Morgan fingerprint density at radius 3 is 2.75 bits per heavy atom. The second kappa shape index (κ2) is 3.53. The van der Waals surface area contributed by atoms with Gasteiger partial charge in [-0.3, -0.25) is 4.79 Å². The number of fused-ring (bicyclic) bond motifs is 1. The number of nitrogens with two attached hydrogens (primary N) is 1. The molecule has 4 N–H and O–H groups in total. The topological polar surface area (TPSA) is 96.2 Å². The summed E-state index contributed by atoms with van der Waals surface area (Å²) in [4.78, 5) is 25.2. The first-order valence-corrected chi connectivity index (χ1v) is 4.73. The Bertz CT molecular complexity index is 648. The third kappa shape index (κ3) is 1.42. The van der Waals surface area contributed by atoms with E-state index in [0.29, 0.717) is 10.5 Å². The third-order valence-electron chi connectivity index (χ3n) is 2.25. The van der Waals surface area contributed by atoms with Gasteiger partial charge in [0.25, 0.3) is 0 Å². The first kappa shape index (κ1) is 10.5. The summed E-state index contributed by atoms with van der Waals surface area (Å²) in [5, 5.41) is 9.21. The molecule has 0 unspecified atom stereocenters.